The molecular weight excluding hydrogens is 297 g/mol. The van der Waals surface area contributed by atoms with E-state index in [9.17, 15) is 13.2 Å². The first-order valence-electron chi connectivity index (χ1n) is 4.81. The molecule has 1 aliphatic rings. The first-order chi connectivity index (χ1) is 8.31. The van der Waals surface area contributed by atoms with Gasteiger partial charge >= 0.3 is 0 Å². The van der Waals surface area contributed by atoms with Gasteiger partial charge in [-0.25, -0.2) is 8.42 Å². The maximum atomic E-state index is 11.9. The van der Waals surface area contributed by atoms with E-state index in [0.717, 1.165) is 6.26 Å². The third-order valence-electron chi connectivity index (χ3n) is 2.28. The van der Waals surface area contributed by atoms with E-state index in [-0.39, 0.29) is 21.3 Å². The number of fused-ring (bicyclic) bond motifs is 1. The van der Waals surface area contributed by atoms with Gasteiger partial charge in [-0.3, -0.25) is 4.79 Å². The van der Waals surface area contributed by atoms with E-state index in [1.807, 2.05) is 0 Å². The molecule has 1 aromatic rings. The van der Waals surface area contributed by atoms with Crippen LogP contribution in [0.1, 0.15) is 15.9 Å². The fourth-order valence-electron chi connectivity index (χ4n) is 1.58. The Hall–Kier alpha value is -1.17. The van der Waals surface area contributed by atoms with Crippen LogP contribution in [-0.4, -0.2) is 26.2 Å². The highest BCUT2D eigenvalue weighted by atomic mass is 35.5. The van der Waals surface area contributed by atoms with E-state index in [4.69, 9.17) is 23.2 Å². The molecule has 7 heteroatoms. The normalized spacial score (nSPS) is 18.2. The van der Waals surface area contributed by atoms with Gasteiger partial charge in [0.15, 0.2) is 0 Å². The molecule has 0 radical (unpaired) electrons. The van der Waals surface area contributed by atoms with Crippen LogP contribution < -0.4 is 0 Å². The molecule has 94 valence electrons. The minimum Gasteiger partial charge on any atom is -0.288 e. The Kier molecular flexibility index (Phi) is 3.31. The van der Waals surface area contributed by atoms with Crippen LogP contribution in [0.4, 0.5) is 0 Å². The van der Waals surface area contributed by atoms with Crippen LogP contribution in [0.5, 0.6) is 0 Å². The second-order valence-electron chi connectivity index (χ2n) is 3.68. The molecule has 0 spiro atoms. The van der Waals surface area contributed by atoms with Crippen molar-refractivity contribution in [3.05, 3.63) is 45.5 Å². The molecule has 0 fully saturated rings. The van der Waals surface area contributed by atoms with Gasteiger partial charge in [0.2, 0.25) is 5.78 Å². The van der Waals surface area contributed by atoms with Crippen LogP contribution in [0.3, 0.4) is 0 Å². The van der Waals surface area contributed by atoms with Gasteiger partial charge in [0.25, 0.3) is 10.0 Å². The van der Waals surface area contributed by atoms with Crippen molar-refractivity contribution in [3.8, 4) is 0 Å². The molecule has 1 aromatic carbocycles. The van der Waals surface area contributed by atoms with Crippen LogP contribution in [0, 0.1) is 0 Å². The van der Waals surface area contributed by atoms with Crippen molar-refractivity contribution in [2.45, 2.75) is 0 Å². The number of rotatable bonds is 1. The Bertz CT molecular complexity index is 705. The largest absolute Gasteiger partial charge is 0.288 e. The number of ketones is 1. The zero-order valence-electron chi connectivity index (χ0n) is 9.15. The van der Waals surface area contributed by atoms with E-state index in [1.165, 1.54) is 0 Å². The molecule has 18 heavy (non-hydrogen) atoms. The monoisotopic (exact) mass is 303 g/mol. The summed E-state index contributed by atoms with van der Waals surface area (Å²) in [5.74, 6) is -0.440. The summed E-state index contributed by atoms with van der Waals surface area (Å²) in [6.45, 7) is 0. The average molecular weight is 304 g/mol. The lowest BCUT2D eigenvalue weighted by molar-refractivity contribution is 0.104. The van der Waals surface area contributed by atoms with Gasteiger partial charge in [-0.2, -0.15) is 4.40 Å². The van der Waals surface area contributed by atoms with Crippen LogP contribution in [0.15, 0.2) is 38.7 Å². The maximum absolute atomic E-state index is 11.9. The molecule has 0 unspecified atom stereocenters. The third-order valence-corrected chi connectivity index (χ3v) is 3.62. The van der Waals surface area contributed by atoms with Crippen molar-refractivity contribution in [2.24, 2.45) is 4.40 Å². The second kappa shape index (κ2) is 4.50. The van der Waals surface area contributed by atoms with Crippen molar-refractivity contribution in [1.29, 1.82) is 0 Å². The van der Waals surface area contributed by atoms with Crippen molar-refractivity contribution in [3.63, 3.8) is 0 Å². The van der Waals surface area contributed by atoms with Gasteiger partial charge in [-0.15, -0.1) is 0 Å². The smallest absolute Gasteiger partial charge is 0.250 e. The minimum atomic E-state index is -3.64. The highest BCUT2D eigenvalue weighted by Gasteiger charge is 2.29. The lowest BCUT2D eigenvalue weighted by Crippen LogP contribution is -2.19. The summed E-state index contributed by atoms with van der Waals surface area (Å²) in [5.41, 5.74) is 0.649. The number of nitrogens with zero attached hydrogens (tertiary/aromatic N) is 1. The van der Waals surface area contributed by atoms with Crippen molar-refractivity contribution in [2.75, 3.05) is 6.26 Å². The summed E-state index contributed by atoms with van der Waals surface area (Å²) in [7, 11) is -3.64. The summed E-state index contributed by atoms with van der Waals surface area (Å²) in [4.78, 5) is 11.9. The van der Waals surface area contributed by atoms with Gasteiger partial charge in [0, 0.05) is 11.1 Å². The first kappa shape index (κ1) is 13.3. The highest BCUT2D eigenvalue weighted by molar-refractivity contribution is 7.89. The van der Waals surface area contributed by atoms with Crippen LogP contribution >= 0.6 is 23.2 Å². The van der Waals surface area contributed by atoms with E-state index in [2.05, 4.69) is 4.40 Å². The number of hydrogen-bond donors (Lipinski definition) is 0. The molecule has 0 aliphatic heterocycles. The van der Waals surface area contributed by atoms with Crippen LogP contribution in [-0.2, 0) is 10.0 Å². The fraction of sp³-hybridized carbons (Fsp3) is 0.0909. The Labute approximate surface area is 114 Å². The van der Waals surface area contributed by atoms with Crippen LogP contribution in [0.2, 0.25) is 0 Å². The van der Waals surface area contributed by atoms with E-state index < -0.39 is 15.8 Å². The lowest BCUT2D eigenvalue weighted by atomic mass is 9.94. The molecule has 0 aromatic heterocycles. The number of Topliss-reactive ketones (excluding diaryl/α,β-unsaturated/α-hetero) is 1. The zero-order valence-corrected chi connectivity index (χ0v) is 11.5. The van der Waals surface area contributed by atoms with E-state index in [1.54, 1.807) is 24.3 Å². The minimum absolute atomic E-state index is 0.000586. The lowest BCUT2D eigenvalue weighted by Gasteiger charge is -2.16. The Balaban J connectivity index is 2.80. The zero-order chi connectivity index (χ0) is 13.5. The Morgan fingerprint density at radius 1 is 1.06 bits per heavy atom. The first-order valence-corrected chi connectivity index (χ1v) is 7.41. The molecule has 0 heterocycles. The van der Waals surface area contributed by atoms with Gasteiger partial charge in [0.05, 0.1) is 11.3 Å². The number of allylic oxidation sites excluding steroid dienone is 2. The van der Waals surface area contributed by atoms with Crippen LogP contribution in [0.25, 0.3) is 0 Å². The summed E-state index contributed by atoms with van der Waals surface area (Å²) in [6.07, 6.45) is 0.942. The predicted octanol–water partition coefficient (Wildman–Crippen LogP) is 2.32. The molecule has 0 N–H and O–H groups in total. The number of carbonyl (C=O) groups excluding carboxylic acids is 1. The number of benzene rings is 1. The Morgan fingerprint density at radius 3 is 2.17 bits per heavy atom. The average Bonchev–Trinajstić information content (AvgIpc) is 2.31. The summed E-state index contributed by atoms with van der Waals surface area (Å²) in [5, 5.41) is -0.372. The summed E-state index contributed by atoms with van der Waals surface area (Å²) >= 11 is 11.7. The highest BCUT2D eigenvalue weighted by Crippen LogP contribution is 2.31. The quantitative estimate of drug-likeness (QED) is 0.800. The molecule has 0 amide bonds. The molecule has 1 aliphatic carbocycles. The van der Waals surface area contributed by atoms with Crippen molar-refractivity contribution < 1.29 is 13.2 Å². The molecule has 0 saturated carbocycles. The number of hydrogen-bond acceptors (Lipinski definition) is 3. The number of sulfonamides is 1. The summed E-state index contributed by atoms with van der Waals surface area (Å²) in [6, 6.07) is 6.43. The van der Waals surface area contributed by atoms with Crippen molar-refractivity contribution in [1.82, 2.24) is 0 Å². The van der Waals surface area contributed by atoms with Gasteiger partial charge in [-0.1, -0.05) is 47.5 Å². The van der Waals surface area contributed by atoms with E-state index >= 15 is 0 Å². The predicted molar refractivity (Wildman–Crippen MR) is 70.9 cm³/mol. The molecule has 0 atom stereocenters. The second-order valence-corrected chi connectivity index (χ2v) is 6.08. The number of halogens is 2. The van der Waals surface area contributed by atoms with Gasteiger partial charge < -0.3 is 0 Å². The third kappa shape index (κ3) is 2.34. The standard InChI is InChI=1S/C11H7Cl2NO3S/c1-18(16,17)14-10-6-4-2-3-5-7(6)11(15)9(13)8(10)12/h2-5H,1H3. The van der Waals surface area contributed by atoms with E-state index in [0.29, 0.717) is 5.56 Å². The SMILES string of the molecule is CS(=O)(=O)N=C1C(Cl)=C(Cl)C(=O)c2ccccc21. The van der Waals surface area contributed by atoms with Crippen molar-refractivity contribution >= 4 is 44.7 Å². The summed E-state index contributed by atoms with van der Waals surface area (Å²) < 4.78 is 26.0. The molecule has 0 saturated heterocycles. The Morgan fingerprint density at radius 2 is 1.61 bits per heavy atom. The topological polar surface area (TPSA) is 63.6 Å². The maximum Gasteiger partial charge on any atom is 0.250 e. The fourth-order valence-corrected chi connectivity index (χ4v) is 2.58. The molecule has 0 bridgehead atoms. The molecular formula is C11H7Cl2NO3S. The molecule has 4 nitrogen and oxygen atoms in total. The molecule has 2 rings (SSSR count). The number of carbonyl (C=O) groups is 1. The van der Waals surface area contributed by atoms with Gasteiger partial charge in [0.1, 0.15) is 10.7 Å². The van der Waals surface area contributed by atoms with Gasteiger partial charge in [-0.05, 0) is 0 Å².